The Labute approximate surface area is 199 Å². The zero-order chi connectivity index (χ0) is 23.9. The maximum atomic E-state index is 13.2. The van der Waals surface area contributed by atoms with Gasteiger partial charge in [0.2, 0.25) is 5.91 Å². The van der Waals surface area contributed by atoms with Crippen molar-refractivity contribution in [3.8, 4) is 22.8 Å². The predicted molar refractivity (Wildman–Crippen MR) is 126 cm³/mol. The lowest BCUT2D eigenvalue weighted by Gasteiger charge is -2.25. The Bertz CT molecular complexity index is 1310. The van der Waals surface area contributed by atoms with Crippen LogP contribution < -0.4 is 20.1 Å². The fraction of sp³-hybridized carbons (Fsp3) is 0.250. The highest BCUT2D eigenvalue weighted by molar-refractivity contribution is 7.09. The molecule has 2 aliphatic heterocycles. The molecule has 0 radical (unpaired) electrons. The fourth-order valence-corrected chi connectivity index (χ4v) is 4.61. The lowest BCUT2D eigenvalue weighted by molar-refractivity contribution is -0.133. The number of ether oxygens (including phenoxy) is 2. The number of fused-ring (bicyclic) bond motifs is 1. The molecule has 1 saturated heterocycles. The van der Waals surface area contributed by atoms with Gasteiger partial charge in [0, 0.05) is 16.6 Å². The first-order valence-electron chi connectivity index (χ1n) is 10.7. The quantitative estimate of drug-likeness (QED) is 0.545. The van der Waals surface area contributed by atoms with Gasteiger partial charge in [0.05, 0.1) is 10.7 Å². The predicted octanol–water partition coefficient (Wildman–Crippen LogP) is 3.30. The molecule has 4 amide bonds. The van der Waals surface area contributed by atoms with Gasteiger partial charge < -0.3 is 20.1 Å². The lowest BCUT2D eigenvalue weighted by atomic mass is 9.91. The van der Waals surface area contributed by atoms with E-state index < -0.39 is 29.9 Å². The summed E-state index contributed by atoms with van der Waals surface area (Å²) in [5.74, 6) is 0.0950. The van der Waals surface area contributed by atoms with E-state index in [1.165, 1.54) is 0 Å². The van der Waals surface area contributed by atoms with Crippen LogP contribution in [0.15, 0.2) is 47.8 Å². The average molecular weight is 479 g/mol. The normalized spacial score (nSPS) is 19.2. The number of hydrogen-bond acceptors (Lipinski definition) is 7. The second-order valence-electron chi connectivity index (χ2n) is 8.19. The van der Waals surface area contributed by atoms with E-state index in [1.807, 2.05) is 24.4 Å². The Morgan fingerprint density at radius 3 is 2.74 bits per heavy atom. The molecule has 0 aliphatic carbocycles. The summed E-state index contributed by atoms with van der Waals surface area (Å²) in [7, 11) is 0. The smallest absolute Gasteiger partial charge is 0.325 e. The number of urea groups is 1. The van der Waals surface area contributed by atoms with Crippen molar-refractivity contribution in [3.63, 3.8) is 0 Å². The molecule has 1 aromatic heterocycles. The van der Waals surface area contributed by atoms with Crippen molar-refractivity contribution < 1.29 is 23.9 Å². The molecule has 3 aromatic rings. The Morgan fingerprint density at radius 1 is 1.18 bits per heavy atom. The van der Waals surface area contributed by atoms with Crippen molar-refractivity contribution in [2.24, 2.45) is 0 Å². The monoisotopic (exact) mass is 478 g/mol. The molecule has 3 heterocycles. The summed E-state index contributed by atoms with van der Waals surface area (Å²) in [6.45, 7) is 3.98. The molecule has 1 unspecified atom stereocenters. The fourth-order valence-electron chi connectivity index (χ4n) is 3.99. The lowest BCUT2D eigenvalue weighted by Crippen LogP contribution is -2.42. The van der Waals surface area contributed by atoms with Gasteiger partial charge in [-0.15, -0.1) is 11.3 Å². The molecule has 9 nitrogen and oxygen atoms in total. The zero-order valence-corrected chi connectivity index (χ0v) is 19.4. The standard InChI is InChI=1S/C24H22N4O5S/c1-14-25-18(13-34-14)15-4-3-5-17(10-15)26-21(29)12-28-22(30)24(2,27-23(28)31)16-6-7-19-20(11-16)33-9-8-32-19/h3-7,10-11,13H,8-9,12H2,1-2H3,(H,26,29)(H,27,31). The van der Waals surface area contributed by atoms with Crippen LogP contribution in [0.1, 0.15) is 17.5 Å². The van der Waals surface area contributed by atoms with E-state index in [9.17, 15) is 14.4 Å². The minimum atomic E-state index is -1.32. The van der Waals surface area contributed by atoms with Crippen LogP contribution in [0.2, 0.25) is 0 Å². The first-order chi connectivity index (χ1) is 16.3. The second-order valence-corrected chi connectivity index (χ2v) is 9.25. The summed E-state index contributed by atoms with van der Waals surface area (Å²) in [6, 6.07) is 11.7. The van der Waals surface area contributed by atoms with E-state index in [0.29, 0.717) is 36.0 Å². The van der Waals surface area contributed by atoms with Gasteiger partial charge in [-0.1, -0.05) is 18.2 Å². The molecule has 2 N–H and O–H groups in total. The molecule has 0 saturated carbocycles. The molecular weight excluding hydrogens is 456 g/mol. The average Bonchev–Trinajstić information content (AvgIpc) is 3.36. The molecule has 1 fully saturated rings. The van der Waals surface area contributed by atoms with Gasteiger partial charge >= 0.3 is 6.03 Å². The third-order valence-electron chi connectivity index (χ3n) is 5.76. The number of amides is 4. The largest absolute Gasteiger partial charge is 0.486 e. The molecule has 5 rings (SSSR count). The van der Waals surface area contributed by atoms with Gasteiger partial charge in [0.25, 0.3) is 5.91 Å². The van der Waals surface area contributed by atoms with Crippen LogP contribution in [0.3, 0.4) is 0 Å². The van der Waals surface area contributed by atoms with Gasteiger partial charge in [-0.05, 0) is 43.7 Å². The van der Waals surface area contributed by atoms with Crippen LogP contribution >= 0.6 is 11.3 Å². The highest BCUT2D eigenvalue weighted by Gasteiger charge is 2.49. The number of aromatic nitrogens is 1. The van der Waals surface area contributed by atoms with Crippen LogP contribution in [0.25, 0.3) is 11.3 Å². The van der Waals surface area contributed by atoms with E-state index in [4.69, 9.17) is 9.47 Å². The summed E-state index contributed by atoms with van der Waals surface area (Å²) in [5, 5.41) is 8.37. The summed E-state index contributed by atoms with van der Waals surface area (Å²) in [4.78, 5) is 44.0. The summed E-state index contributed by atoms with van der Waals surface area (Å²) in [6.07, 6.45) is 0. The van der Waals surface area contributed by atoms with Gasteiger partial charge in [0.15, 0.2) is 11.5 Å². The topological polar surface area (TPSA) is 110 Å². The molecule has 34 heavy (non-hydrogen) atoms. The third-order valence-corrected chi connectivity index (χ3v) is 6.53. The van der Waals surface area contributed by atoms with Crippen LogP contribution in [-0.4, -0.2) is 47.5 Å². The number of nitrogens with zero attached hydrogens (tertiary/aromatic N) is 2. The molecule has 2 aliphatic rings. The van der Waals surface area contributed by atoms with Crippen LogP contribution in [0.5, 0.6) is 11.5 Å². The summed E-state index contributed by atoms with van der Waals surface area (Å²) >= 11 is 1.54. The number of nitrogens with one attached hydrogen (secondary N) is 2. The number of rotatable bonds is 5. The first-order valence-corrected chi connectivity index (χ1v) is 11.6. The van der Waals surface area contributed by atoms with Crippen LogP contribution in [0, 0.1) is 6.92 Å². The molecule has 10 heteroatoms. The van der Waals surface area contributed by atoms with Crippen molar-refractivity contribution >= 4 is 34.9 Å². The summed E-state index contributed by atoms with van der Waals surface area (Å²) in [5.41, 5.74) is 1.46. The molecule has 174 valence electrons. The van der Waals surface area contributed by atoms with E-state index in [1.54, 1.807) is 48.6 Å². The summed E-state index contributed by atoms with van der Waals surface area (Å²) < 4.78 is 11.1. The van der Waals surface area contributed by atoms with Crippen LogP contribution in [0.4, 0.5) is 10.5 Å². The van der Waals surface area contributed by atoms with Crippen molar-refractivity contribution in [2.75, 3.05) is 25.1 Å². The van der Waals surface area contributed by atoms with Crippen LogP contribution in [-0.2, 0) is 15.1 Å². The number of benzene rings is 2. The highest BCUT2D eigenvalue weighted by Crippen LogP contribution is 2.36. The Kier molecular flexibility index (Phi) is 5.45. The van der Waals surface area contributed by atoms with E-state index in [-0.39, 0.29) is 0 Å². The Hall–Kier alpha value is -3.92. The third kappa shape index (κ3) is 3.96. The number of carbonyl (C=O) groups excluding carboxylic acids is 3. The Morgan fingerprint density at radius 2 is 1.97 bits per heavy atom. The Balaban J connectivity index is 1.30. The maximum absolute atomic E-state index is 13.2. The van der Waals surface area contributed by atoms with Crippen molar-refractivity contribution in [1.29, 1.82) is 0 Å². The highest BCUT2D eigenvalue weighted by atomic mass is 32.1. The van der Waals surface area contributed by atoms with Crippen molar-refractivity contribution in [3.05, 3.63) is 58.4 Å². The molecule has 0 spiro atoms. The van der Waals surface area contributed by atoms with Gasteiger partial charge in [-0.25, -0.2) is 9.78 Å². The van der Waals surface area contributed by atoms with E-state index >= 15 is 0 Å². The number of carbonyl (C=O) groups is 3. The molecule has 1 atom stereocenters. The van der Waals surface area contributed by atoms with E-state index in [2.05, 4.69) is 15.6 Å². The molecule has 0 bridgehead atoms. The zero-order valence-electron chi connectivity index (χ0n) is 18.6. The number of aryl methyl sites for hydroxylation is 1. The number of thiazole rings is 1. The number of imide groups is 1. The first kappa shape index (κ1) is 21.9. The molecular formula is C24H22N4O5S. The minimum absolute atomic E-state index is 0.406. The minimum Gasteiger partial charge on any atom is -0.486 e. The van der Waals surface area contributed by atoms with Crippen molar-refractivity contribution in [2.45, 2.75) is 19.4 Å². The number of anilines is 1. The maximum Gasteiger partial charge on any atom is 0.325 e. The van der Waals surface area contributed by atoms with Crippen molar-refractivity contribution in [1.82, 2.24) is 15.2 Å². The van der Waals surface area contributed by atoms with Gasteiger partial charge in [-0.2, -0.15) is 0 Å². The SMILES string of the molecule is Cc1nc(-c2cccc(NC(=O)CN3C(=O)NC(C)(c4ccc5c(c4)OCCO5)C3=O)c2)cs1. The van der Waals surface area contributed by atoms with Gasteiger partial charge in [0.1, 0.15) is 25.3 Å². The number of hydrogen-bond donors (Lipinski definition) is 2. The second kappa shape index (κ2) is 8.45. The van der Waals surface area contributed by atoms with E-state index in [0.717, 1.165) is 21.2 Å². The molecule has 2 aromatic carbocycles. The van der Waals surface area contributed by atoms with Gasteiger partial charge in [-0.3, -0.25) is 14.5 Å².